The largest absolute Gasteiger partial charge is 0.461 e. The number of esters is 4. The second-order valence-corrected chi connectivity index (χ2v) is 13.6. The summed E-state index contributed by atoms with van der Waals surface area (Å²) >= 11 is 0. The monoisotopic (exact) mass is 780 g/mol. The number of carbonyl (C=O) groups excluding carboxylic acids is 4. The van der Waals surface area contributed by atoms with Crippen molar-refractivity contribution < 1.29 is 73.9 Å². The van der Waals surface area contributed by atoms with Gasteiger partial charge in [-0.15, -0.1) is 0 Å². The topological polar surface area (TPSA) is 124 Å². The van der Waals surface area contributed by atoms with Gasteiger partial charge in [-0.3, -0.25) is 4.79 Å². The molecule has 10 nitrogen and oxygen atoms in total. The van der Waals surface area contributed by atoms with Gasteiger partial charge in [0.2, 0.25) is 0 Å². The summed E-state index contributed by atoms with van der Waals surface area (Å²) in [5.74, 6) is -8.68. The first kappa shape index (κ1) is 41.2. The maximum atomic E-state index is 14.6. The Bertz CT molecular complexity index is 1840. The second-order valence-electron chi connectivity index (χ2n) is 13.6. The van der Waals surface area contributed by atoms with E-state index in [2.05, 4.69) is 19.7 Å². The van der Waals surface area contributed by atoms with E-state index in [0.717, 1.165) is 31.4 Å². The Labute approximate surface area is 312 Å². The molecule has 5 rings (SSSR count). The van der Waals surface area contributed by atoms with Gasteiger partial charge in [0.15, 0.2) is 0 Å². The van der Waals surface area contributed by atoms with Crippen molar-refractivity contribution in [2.24, 2.45) is 23.7 Å². The van der Waals surface area contributed by atoms with Gasteiger partial charge in [-0.1, -0.05) is 92.9 Å². The molecule has 1 saturated heterocycles. The highest BCUT2D eigenvalue weighted by atomic mass is 19.4. The first-order valence-electron chi connectivity index (χ1n) is 17.0. The maximum absolute atomic E-state index is 14.6. The SMILES string of the molecule is C=C(COC(=O)[C@@](OC)(c1ccccc1)C(F)(F)F)C(=O)O[C@H]1CC(=C)[C@@H]2C[C@@H](OC(=O)[C@@](OC)(c3ccccc3)C(F)(F)F)C(=C)[C@@H]2[C@H]2OC(=O)[C@@H](C)[C@@H]21. The van der Waals surface area contributed by atoms with Crippen molar-refractivity contribution in [2.45, 2.75) is 61.6 Å². The highest BCUT2D eigenvalue weighted by Crippen LogP contribution is 2.54. The summed E-state index contributed by atoms with van der Waals surface area (Å²) in [6.45, 7) is 12.2. The zero-order chi connectivity index (χ0) is 40.7. The fraction of sp³-hybridized carbons (Fsp3) is 0.436. The number of carbonyl (C=O) groups is 4. The minimum absolute atomic E-state index is 0.0964. The van der Waals surface area contributed by atoms with Gasteiger partial charge < -0.3 is 28.4 Å². The zero-order valence-corrected chi connectivity index (χ0v) is 29.9. The van der Waals surface area contributed by atoms with E-state index >= 15 is 0 Å². The first-order chi connectivity index (χ1) is 25.8. The summed E-state index contributed by atoms with van der Waals surface area (Å²) in [6.07, 6.45) is -14.2. The predicted molar refractivity (Wildman–Crippen MR) is 179 cm³/mol. The van der Waals surface area contributed by atoms with Crippen LogP contribution in [0.2, 0.25) is 0 Å². The lowest BCUT2D eigenvalue weighted by Crippen LogP contribution is -2.52. The van der Waals surface area contributed by atoms with Crippen LogP contribution in [-0.2, 0) is 58.8 Å². The average molecular weight is 781 g/mol. The van der Waals surface area contributed by atoms with Gasteiger partial charge >= 0.3 is 36.2 Å². The molecule has 0 aromatic heterocycles. The van der Waals surface area contributed by atoms with Gasteiger partial charge in [0.25, 0.3) is 11.2 Å². The van der Waals surface area contributed by atoms with Crippen molar-refractivity contribution in [1.82, 2.24) is 0 Å². The summed E-state index contributed by atoms with van der Waals surface area (Å²) in [5, 5.41) is 0. The van der Waals surface area contributed by atoms with Crippen molar-refractivity contribution in [3.8, 4) is 0 Å². The summed E-state index contributed by atoms with van der Waals surface area (Å²) in [5.41, 5.74) is -8.05. The fourth-order valence-electron chi connectivity index (χ4n) is 7.78. The second kappa shape index (κ2) is 15.3. The summed E-state index contributed by atoms with van der Waals surface area (Å²) in [4.78, 5) is 52.7. The molecule has 2 aromatic carbocycles. The molecule has 1 aliphatic heterocycles. The van der Waals surface area contributed by atoms with Crippen molar-refractivity contribution in [2.75, 3.05) is 20.8 Å². The Hall–Kier alpha value is -4.96. The number of hydrogen-bond donors (Lipinski definition) is 0. The lowest BCUT2D eigenvalue weighted by molar-refractivity contribution is -0.278. The van der Waals surface area contributed by atoms with E-state index in [1.54, 1.807) is 0 Å². The van der Waals surface area contributed by atoms with Crippen LogP contribution in [0.25, 0.3) is 0 Å². The molecule has 2 aliphatic carbocycles. The van der Waals surface area contributed by atoms with Crippen LogP contribution >= 0.6 is 0 Å². The van der Waals surface area contributed by atoms with Crippen molar-refractivity contribution >= 4 is 23.9 Å². The number of alkyl halides is 6. The predicted octanol–water partition coefficient (Wildman–Crippen LogP) is 6.45. The van der Waals surface area contributed by atoms with E-state index in [1.165, 1.54) is 43.3 Å². The smallest absolute Gasteiger partial charge is 0.432 e. The molecule has 0 amide bonds. The van der Waals surface area contributed by atoms with Crippen molar-refractivity contribution in [3.63, 3.8) is 0 Å². The van der Waals surface area contributed by atoms with Crippen LogP contribution in [0.15, 0.2) is 97.1 Å². The molecule has 2 aromatic rings. The third-order valence-corrected chi connectivity index (χ3v) is 10.6. The number of hydrogen-bond acceptors (Lipinski definition) is 10. The van der Waals surface area contributed by atoms with Gasteiger partial charge in [0, 0.05) is 43.6 Å². The minimum Gasteiger partial charge on any atom is -0.461 e. The van der Waals surface area contributed by atoms with Gasteiger partial charge in [-0.2, -0.15) is 26.3 Å². The third kappa shape index (κ3) is 7.05. The van der Waals surface area contributed by atoms with Crippen LogP contribution in [0, 0.1) is 23.7 Å². The zero-order valence-electron chi connectivity index (χ0n) is 29.9. The maximum Gasteiger partial charge on any atom is 0.432 e. The molecule has 0 unspecified atom stereocenters. The van der Waals surface area contributed by atoms with E-state index in [0.29, 0.717) is 12.7 Å². The molecule has 1 heterocycles. The van der Waals surface area contributed by atoms with Crippen molar-refractivity contribution in [1.29, 1.82) is 0 Å². The van der Waals surface area contributed by atoms with Crippen LogP contribution < -0.4 is 0 Å². The fourth-order valence-corrected chi connectivity index (χ4v) is 7.78. The number of methoxy groups -OCH3 is 2. The van der Waals surface area contributed by atoms with Crippen LogP contribution in [0.4, 0.5) is 26.3 Å². The molecule has 2 saturated carbocycles. The Kier molecular flexibility index (Phi) is 11.5. The highest BCUT2D eigenvalue weighted by Gasteiger charge is 2.66. The molecule has 3 fully saturated rings. The lowest BCUT2D eigenvalue weighted by Gasteiger charge is -2.34. The van der Waals surface area contributed by atoms with Gasteiger partial charge in [-0.25, -0.2) is 14.4 Å². The van der Waals surface area contributed by atoms with E-state index in [-0.39, 0.29) is 18.4 Å². The number of benzene rings is 2. The van der Waals surface area contributed by atoms with E-state index < -0.39 is 113 Å². The van der Waals surface area contributed by atoms with Crippen LogP contribution in [0.5, 0.6) is 0 Å². The first-order valence-corrected chi connectivity index (χ1v) is 17.0. The molecular formula is C39H38F6O10. The van der Waals surface area contributed by atoms with Crippen LogP contribution in [0.3, 0.4) is 0 Å². The van der Waals surface area contributed by atoms with Crippen molar-refractivity contribution in [3.05, 3.63) is 108 Å². The standard InChI is InChI=1S/C39H38F6O10/c1-20-17-28(53-32(46)21(2)19-52-34(48)36(50-5,38(40,41)42)24-13-9-7-10-14-24)30-23(4)33(47)55-31(30)29-22(3)27(18-26(20)29)54-35(49)37(51-6,39(43,44)45)25-15-11-8-12-16-25/h7-16,23,26-31H,1-3,17-19H2,4-6H3/t23-,26-,27+,28-,29-,30+,31+,36-,37-/m0/s1. The Morgan fingerprint density at radius 3 is 1.82 bits per heavy atom. The average Bonchev–Trinajstić information content (AvgIpc) is 3.57. The Balaban J connectivity index is 1.33. The number of halogens is 6. The molecule has 0 radical (unpaired) electrons. The summed E-state index contributed by atoms with van der Waals surface area (Å²) < 4.78 is 118. The van der Waals surface area contributed by atoms with Crippen LogP contribution in [-0.4, -0.2) is 75.4 Å². The quantitative estimate of drug-likeness (QED) is 0.0827. The summed E-state index contributed by atoms with van der Waals surface area (Å²) in [6, 6.07) is 12.3. The molecule has 16 heteroatoms. The molecule has 0 N–H and O–H groups in total. The molecular weight excluding hydrogens is 742 g/mol. The van der Waals surface area contributed by atoms with Crippen LogP contribution in [0.1, 0.15) is 30.9 Å². The molecule has 0 bridgehead atoms. The van der Waals surface area contributed by atoms with Gasteiger partial charge in [0.1, 0.15) is 24.9 Å². The Morgan fingerprint density at radius 1 is 0.818 bits per heavy atom. The summed E-state index contributed by atoms with van der Waals surface area (Å²) in [7, 11) is 1.42. The molecule has 0 spiro atoms. The molecule has 9 atom stereocenters. The van der Waals surface area contributed by atoms with Gasteiger partial charge in [0.05, 0.1) is 11.5 Å². The third-order valence-electron chi connectivity index (χ3n) is 10.6. The van der Waals surface area contributed by atoms with Gasteiger partial charge in [-0.05, 0) is 17.9 Å². The van der Waals surface area contributed by atoms with E-state index in [4.69, 9.17) is 28.4 Å². The molecule has 3 aliphatic rings. The lowest BCUT2D eigenvalue weighted by atomic mass is 9.79. The highest BCUT2D eigenvalue weighted by molar-refractivity contribution is 5.89. The number of rotatable bonds is 11. The Morgan fingerprint density at radius 2 is 1.33 bits per heavy atom. The minimum atomic E-state index is -5.27. The normalized spacial score (nSPS) is 27.4. The van der Waals surface area contributed by atoms with E-state index in [9.17, 15) is 45.5 Å². The number of fused-ring (bicyclic) bond motifs is 3. The molecule has 55 heavy (non-hydrogen) atoms. The van der Waals surface area contributed by atoms with E-state index in [1.807, 2.05) is 0 Å². The number of ether oxygens (including phenoxy) is 6. The molecule has 296 valence electrons.